The van der Waals surface area contributed by atoms with Crippen molar-refractivity contribution in [1.29, 1.82) is 0 Å². The Balaban J connectivity index is 1.55. The first-order valence-corrected chi connectivity index (χ1v) is 9.43. The molecule has 0 aromatic heterocycles. The normalized spacial score (nSPS) is 33.7. The molecule has 3 aliphatic rings. The minimum atomic E-state index is 0.263. The monoisotopic (exact) mass is 322 g/mol. The van der Waals surface area contributed by atoms with Crippen LogP contribution in [0.1, 0.15) is 57.8 Å². The van der Waals surface area contributed by atoms with Gasteiger partial charge in [-0.05, 0) is 46.2 Å². The number of aliphatic imine (C=N–C) groups is 1. The van der Waals surface area contributed by atoms with Gasteiger partial charge in [-0.15, -0.1) is 0 Å². The fraction of sp³-hybridized carbons (Fsp3) is 0.944. The van der Waals surface area contributed by atoms with E-state index >= 15 is 0 Å². The smallest absolute Gasteiger partial charge is 0.191 e. The fourth-order valence-electron chi connectivity index (χ4n) is 4.58. The van der Waals surface area contributed by atoms with Crippen LogP contribution in [-0.4, -0.2) is 62.3 Å². The van der Waals surface area contributed by atoms with Crippen molar-refractivity contribution in [2.45, 2.75) is 81.6 Å². The Labute approximate surface area is 141 Å². The number of hydrogen-bond acceptors (Lipinski definition) is 3. The van der Waals surface area contributed by atoms with E-state index in [1.165, 1.54) is 51.4 Å². The molecular weight excluding hydrogens is 288 g/mol. The van der Waals surface area contributed by atoms with Crippen LogP contribution >= 0.6 is 0 Å². The van der Waals surface area contributed by atoms with E-state index in [1.807, 2.05) is 7.05 Å². The third kappa shape index (κ3) is 3.82. The summed E-state index contributed by atoms with van der Waals surface area (Å²) >= 11 is 0. The van der Waals surface area contributed by atoms with E-state index in [2.05, 4.69) is 34.6 Å². The predicted molar refractivity (Wildman–Crippen MR) is 94.9 cm³/mol. The van der Waals surface area contributed by atoms with Crippen LogP contribution < -0.4 is 10.6 Å². The van der Waals surface area contributed by atoms with Gasteiger partial charge in [0.05, 0.1) is 18.2 Å². The van der Waals surface area contributed by atoms with Gasteiger partial charge in [0.2, 0.25) is 0 Å². The molecule has 3 rings (SSSR count). The highest BCUT2D eigenvalue weighted by Gasteiger charge is 2.41. The summed E-state index contributed by atoms with van der Waals surface area (Å²) < 4.78 is 5.95. The van der Waals surface area contributed by atoms with Crippen LogP contribution in [0.4, 0.5) is 0 Å². The van der Waals surface area contributed by atoms with Crippen LogP contribution in [0.25, 0.3) is 0 Å². The summed E-state index contributed by atoms with van der Waals surface area (Å²) in [7, 11) is 6.33. The number of guanidine groups is 1. The van der Waals surface area contributed by atoms with Gasteiger partial charge in [0.25, 0.3) is 0 Å². The van der Waals surface area contributed by atoms with E-state index in [1.54, 1.807) is 0 Å². The third-order valence-electron chi connectivity index (χ3n) is 6.22. The summed E-state index contributed by atoms with van der Waals surface area (Å²) in [5, 5.41) is 7.22. The molecule has 132 valence electrons. The Hall–Kier alpha value is -0.810. The third-order valence-corrected chi connectivity index (χ3v) is 6.22. The van der Waals surface area contributed by atoms with Crippen molar-refractivity contribution in [3.05, 3.63) is 0 Å². The highest BCUT2D eigenvalue weighted by molar-refractivity contribution is 5.80. The Morgan fingerprint density at radius 1 is 1.17 bits per heavy atom. The fourth-order valence-corrected chi connectivity index (χ4v) is 4.58. The van der Waals surface area contributed by atoms with Crippen LogP contribution in [0.15, 0.2) is 4.99 Å². The standard InChI is InChI=1S/C18H34N4O/c1-19-17(21-15-12-14-8-9-16(15)23-14)20-13-18(22(2)3)10-6-4-5-7-11-18/h14-16H,4-13H2,1-3H3,(H2,19,20,21). The summed E-state index contributed by atoms with van der Waals surface area (Å²) in [6.45, 7) is 0.974. The van der Waals surface area contributed by atoms with Crippen LogP contribution in [0.5, 0.6) is 0 Å². The zero-order chi connectivity index (χ0) is 16.3. The van der Waals surface area contributed by atoms with E-state index in [9.17, 15) is 0 Å². The Morgan fingerprint density at radius 3 is 2.43 bits per heavy atom. The maximum Gasteiger partial charge on any atom is 0.191 e. The van der Waals surface area contributed by atoms with Crippen molar-refractivity contribution >= 4 is 5.96 Å². The number of nitrogens with one attached hydrogen (secondary N) is 2. The average Bonchev–Trinajstić information content (AvgIpc) is 3.07. The van der Waals surface area contributed by atoms with Gasteiger partial charge in [0.15, 0.2) is 5.96 Å². The first-order valence-electron chi connectivity index (χ1n) is 9.43. The van der Waals surface area contributed by atoms with Crippen LogP contribution in [0, 0.1) is 0 Å². The lowest BCUT2D eigenvalue weighted by Crippen LogP contribution is -2.56. The molecule has 0 radical (unpaired) electrons. The lowest BCUT2D eigenvalue weighted by atomic mass is 9.88. The zero-order valence-corrected chi connectivity index (χ0v) is 15.1. The second-order valence-electron chi connectivity index (χ2n) is 7.82. The molecule has 2 saturated heterocycles. The first kappa shape index (κ1) is 17.0. The Bertz CT molecular complexity index is 415. The quantitative estimate of drug-likeness (QED) is 0.473. The van der Waals surface area contributed by atoms with Crippen molar-refractivity contribution in [3.8, 4) is 0 Å². The SMILES string of the molecule is CN=C(NCC1(N(C)C)CCCCCC1)NC1CC2CCC1O2. The highest BCUT2D eigenvalue weighted by atomic mass is 16.5. The molecule has 1 saturated carbocycles. The van der Waals surface area contributed by atoms with Gasteiger partial charge in [-0.25, -0.2) is 0 Å². The van der Waals surface area contributed by atoms with Crippen molar-refractivity contribution in [1.82, 2.24) is 15.5 Å². The summed E-state index contributed by atoms with van der Waals surface area (Å²) in [5.41, 5.74) is 0.263. The van der Waals surface area contributed by atoms with Gasteiger partial charge in [-0.1, -0.05) is 25.7 Å². The molecule has 5 nitrogen and oxygen atoms in total. The van der Waals surface area contributed by atoms with E-state index in [0.717, 1.165) is 18.9 Å². The van der Waals surface area contributed by atoms with Gasteiger partial charge >= 0.3 is 0 Å². The van der Waals surface area contributed by atoms with Crippen LogP contribution in [0.3, 0.4) is 0 Å². The molecular formula is C18H34N4O. The number of fused-ring (bicyclic) bond motifs is 2. The van der Waals surface area contributed by atoms with E-state index < -0.39 is 0 Å². The van der Waals surface area contributed by atoms with Crippen LogP contribution in [-0.2, 0) is 4.74 Å². The molecule has 0 spiro atoms. The van der Waals surface area contributed by atoms with Crippen LogP contribution in [0.2, 0.25) is 0 Å². The van der Waals surface area contributed by atoms with Crippen molar-refractivity contribution in [2.24, 2.45) is 4.99 Å². The minimum Gasteiger partial charge on any atom is -0.373 e. The maximum absolute atomic E-state index is 5.95. The van der Waals surface area contributed by atoms with E-state index in [0.29, 0.717) is 18.2 Å². The first-order chi connectivity index (χ1) is 11.1. The van der Waals surface area contributed by atoms with Gasteiger partial charge in [0, 0.05) is 19.1 Å². The molecule has 2 aliphatic heterocycles. The summed E-state index contributed by atoms with van der Waals surface area (Å²) in [6, 6.07) is 0.435. The highest BCUT2D eigenvalue weighted by Crippen LogP contribution is 2.34. The summed E-state index contributed by atoms with van der Waals surface area (Å²) in [4.78, 5) is 6.88. The number of nitrogens with zero attached hydrogens (tertiary/aromatic N) is 2. The van der Waals surface area contributed by atoms with Gasteiger partial charge in [-0.2, -0.15) is 0 Å². The number of rotatable bonds is 4. The molecule has 2 N–H and O–H groups in total. The van der Waals surface area contributed by atoms with Crippen molar-refractivity contribution < 1.29 is 4.74 Å². The second-order valence-corrected chi connectivity index (χ2v) is 7.82. The maximum atomic E-state index is 5.95. The molecule has 2 bridgehead atoms. The topological polar surface area (TPSA) is 48.9 Å². The molecule has 1 aliphatic carbocycles. The molecule has 3 unspecified atom stereocenters. The van der Waals surface area contributed by atoms with Crippen molar-refractivity contribution in [2.75, 3.05) is 27.7 Å². The minimum absolute atomic E-state index is 0.263. The Kier molecular flexibility index (Phi) is 5.47. The van der Waals surface area contributed by atoms with E-state index in [4.69, 9.17) is 4.74 Å². The molecule has 0 aromatic rings. The number of ether oxygens (including phenoxy) is 1. The van der Waals surface area contributed by atoms with Gasteiger partial charge in [0.1, 0.15) is 0 Å². The molecule has 0 amide bonds. The lowest BCUT2D eigenvalue weighted by Gasteiger charge is -2.40. The van der Waals surface area contributed by atoms with Gasteiger partial charge in [-0.3, -0.25) is 4.99 Å². The average molecular weight is 322 g/mol. The van der Waals surface area contributed by atoms with Crippen molar-refractivity contribution in [3.63, 3.8) is 0 Å². The molecule has 3 fully saturated rings. The zero-order valence-electron chi connectivity index (χ0n) is 15.1. The molecule has 5 heteroatoms. The second kappa shape index (κ2) is 7.39. The molecule has 3 atom stereocenters. The Morgan fingerprint density at radius 2 is 1.91 bits per heavy atom. The molecule has 23 heavy (non-hydrogen) atoms. The summed E-state index contributed by atoms with van der Waals surface area (Å²) in [6.07, 6.45) is 12.4. The molecule has 0 aromatic carbocycles. The van der Waals surface area contributed by atoms with E-state index in [-0.39, 0.29) is 5.54 Å². The lowest BCUT2D eigenvalue weighted by molar-refractivity contribution is 0.0990. The predicted octanol–water partition coefficient (Wildman–Crippen LogP) is 2.13. The molecule has 2 heterocycles. The number of hydrogen-bond donors (Lipinski definition) is 2. The number of likely N-dealkylation sites (N-methyl/N-ethyl adjacent to an activating group) is 1. The van der Waals surface area contributed by atoms with Gasteiger partial charge < -0.3 is 20.3 Å². The summed E-state index contributed by atoms with van der Waals surface area (Å²) in [5.74, 6) is 0.941. The largest absolute Gasteiger partial charge is 0.373 e.